The molecule has 1 N–H and O–H groups in total. The zero-order valence-corrected chi connectivity index (χ0v) is 11.4. The van der Waals surface area contributed by atoms with Crippen LogP contribution in [0.25, 0.3) is 0 Å². The van der Waals surface area contributed by atoms with Crippen LogP contribution in [0.15, 0.2) is 18.3 Å². The van der Waals surface area contributed by atoms with E-state index < -0.39 is 0 Å². The fraction of sp³-hybridized carbons (Fsp3) is 0.429. The van der Waals surface area contributed by atoms with Crippen LogP contribution in [0.3, 0.4) is 0 Å². The average molecular weight is 268 g/mol. The van der Waals surface area contributed by atoms with Crippen LogP contribution in [0.1, 0.15) is 30.6 Å². The summed E-state index contributed by atoms with van der Waals surface area (Å²) in [5.41, 5.74) is 0.575. The van der Waals surface area contributed by atoms with Gasteiger partial charge in [0.15, 0.2) is 5.82 Å². The normalized spacial score (nSPS) is 17.3. The lowest BCUT2D eigenvalue weighted by Crippen LogP contribution is -2.32. The van der Waals surface area contributed by atoms with Crippen molar-refractivity contribution in [2.24, 2.45) is 0 Å². The Labute approximate surface area is 117 Å². The molecule has 6 nitrogen and oxygen atoms in total. The Morgan fingerprint density at radius 3 is 3.25 bits per heavy atom. The molecule has 0 bridgehead atoms. The monoisotopic (exact) mass is 268 g/mol. The van der Waals surface area contributed by atoms with Crippen molar-refractivity contribution >= 4 is 5.82 Å². The maximum Gasteiger partial charge on any atom is 0.150 e. The molecule has 0 aromatic carbocycles. The van der Waals surface area contributed by atoms with Gasteiger partial charge in [0.25, 0.3) is 0 Å². The average Bonchev–Trinajstić information content (AvgIpc) is 2.90. The molecular formula is C14H16N6. The number of nitriles is 1. The molecule has 0 fully saturated rings. The topological polar surface area (TPSA) is 79.4 Å². The molecule has 3 heterocycles. The number of aromatic nitrogens is 4. The van der Waals surface area contributed by atoms with Gasteiger partial charge in [-0.05, 0) is 18.6 Å². The number of nitrogens with one attached hydrogen (secondary N) is 1. The van der Waals surface area contributed by atoms with Crippen LogP contribution >= 0.6 is 0 Å². The van der Waals surface area contributed by atoms with Crippen LogP contribution in [-0.4, -0.2) is 25.8 Å². The number of fused-ring (bicyclic) bond motifs is 1. The van der Waals surface area contributed by atoms with E-state index in [9.17, 15) is 0 Å². The molecule has 0 spiro atoms. The standard InChI is InChI=1S/C14H16N6/c1-2-12-18-13-6-5-11(9-20(13)19-12)17-14-10(8-15)4-3-7-16-14/h3-4,7,11H,2,5-6,9H2,1H3,(H,16,17). The maximum atomic E-state index is 9.08. The predicted molar refractivity (Wildman–Crippen MR) is 74.1 cm³/mol. The Morgan fingerprint density at radius 2 is 2.45 bits per heavy atom. The largest absolute Gasteiger partial charge is 0.364 e. The molecule has 1 unspecified atom stereocenters. The van der Waals surface area contributed by atoms with E-state index in [1.165, 1.54) is 0 Å². The first-order chi connectivity index (χ1) is 9.80. The van der Waals surface area contributed by atoms with Crippen molar-refractivity contribution in [1.82, 2.24) is 19.7 Å². The van der Waals surface area contributed by atoms with Gasteiger partial charge in [0.1, 0.15) is 17.7 Å². The number of hydrogen-bond donors (Lipinski definition) is 1. The Bertz CT molecular complexity index is 654. The van der Waals surface area contributed by atoms with Crippen LogP contribution in [0.5, 0.6) is 0 Å². The zero-order valence-electron chi connectivity index (χ0n) is 11.4. The first-order valence-electron chi connectivity index (χ1n) is 6.84. The predicted octanol–water partition coefficient (Wildman–Crippen LogP) is 1.53. The summed E-state index contributed by atoms with van der Waals surface area (Å²) in [6.45, 7) is 2.83. The molecule has 1 aliphatic heterocycles. The molecule has 1 atom stereocenters. The van der Waals surface area contributed by atoms with Crippen molar-refractivity contribution in [3.63, 3.8) is 0 Å². The van der Waals surface area contributed by atoms with E-state index in [2.05, 4.69) is 33.4 Å². The SMILES string of the molecule is CCc1nc2n(n1)CC(Nc1ncccc1C#N)CC2. The fourth-order valence-corrected chi connectivity index (χ4v) is 2.43. The molecule has 2 aromatic heterocycles. The van der Waals surface area contributed by atoms with Crippen LogP contribution in [0.2, 0.25) is 0 Å². The maximum absolute atomic E-state index is 9.08. The minimum Gasteiger partial charge on any atom is -0.364 e. The molecule has 102 valence electrons. The first-order valence-corrected chi connectivity index (χ1v) is 6.84. The molecule has 0 saturated carbocycles. The molecule has 2 aromatic rings. The highest BCUT2D eigenvalue weighted by molar-refractivity contribution is 5.51. The Kier molecular flexibility index (Phi) is 3.33. The molecule has 20 heavy (non-hydrogen) atoms. The molecule has 0 amide bonds. The third-order valence-electron chi connectivity index (χ3n) is 3.49. The molecule has 0 saturated heterocycles. The number of aryl methyl sites for hydroxylation is 2. The van der Waals surface area contributed by atoms with Gasteiger partial charge in [0.05, 0.1) is 12.1 Å². The summed E-state index contributed by atoms with van der Waals surface area (Å²) in [5, 5.41) is 16.9. The van der Waals surface area contributed by atoms with Gasteiger partial charge in [-0.15, -0.1) is 0 Å². The molecule has 6 heteroatoms. The van der Waals surface area contributed by atoms with Gasteiger partial charge < -0.3 is 5.32 Å². The van der Waals surface area contributed by atoms with Gasteiger partial charge in [0, 0.05) is 25.1 Å². The summed E-state index contributed by atoms with van der Waals surface area (Å²) in [7, 11) is 0. The number of hydrogen-bond acceptors (Lipinski definition) is 5. The second kappa shape index (κ2) is 5.29. The van der Waals surface area contributed by atoms with Crippen molar-refractivity contribution < 1.29 is 0 Å². The lowest BCUT2D eigenvalue weighted by atomic mass is 10.1. The zero-order chi connectivity index (χ0) is 13.9. The van der Waals surface area contributed by atoms with Crippen molar-refractivity contribution in [2.45, 2.75) is 38.8 Å². The van der Waals surface area contributed by atoms with E-state index in [0.717, 1.165) is 37.5 Å². The number of anilines is 1. The van der Waals surface area contributed by atoms with Crippen molar-refractivity contribution in [3.05, 3.63) is 35.5 Å². The minimum absolute atomic E-state index is 0.232. The van der Waals surface area contributed by atoms with E-state index in [1.54, 1.807) is 18.3 Å². The highest BCUT2D eigenvalue weighted by Crippen LogP contribution is 2.18. The lowest BCUT2D eigenvalue weighted by Gasteiger charge is -2.24. The Morgan fingerprint density at radius 1 is 1.55 bits per heavy atom. The third kappa shape index (κ3) is 2.35. The lowest BCUT2D eigenvalue weighted by molar-refractivity contribution is 0.439. The Balaban J connectivity index is 1.76. The summed E-state index contributed by atoms with van der Waals surface area (Å²) in [6, 6.07) is 5.93. The van der Waals surface area contributed by atoms with Crippen molar-refractivity contribution in [2.75, 3.05) is 5.32 Å². The molecule has 3 rings (SSSR count). The summed E-state index contributed by atoms with van der Waals surface area (Å²) in [6.07, 6.45) is 4.43. The molecule has 0 radical (unpaired) electrons. The number of nitrogens with zero attached hydrogens (tertiary/aromatic N) is 5. The summed E-state index contributed by atoms with van der Waals surface area (Å²) >= 11 is 0. The molecule has 1 aliphatic rings. The van der Waals surface area contributed by atoms with Gasteiger partial charge in [0.2, 0.25) is 0 Å². The second-order valence-electron chi connectivity index (χ2n) is 4.87. The number of pyridine rings is 1. The smallest absolute Gasteiger partial charge is 0.150 e. The van der Waals surface area contributed by atoms with Gasteiger partial charge in [-0.2, -0.15) is 10.4 Å². The van der Waals surface area contributed by atoms with Gasteiger partial charge >= 0.3 is 0 Å². The summed E-state index contributed by atoms with van der Waals surface area (Å²) in [4.78, 5) is 8.74. The van der Waals surface area contributed by atoms with E-state index in [-0.39, 0.29) is 6.04 Å². The van der Waals surface area contributed by atoms with E-state index in [1.807, 2.05) is 4.68 Å². The highest BCUT2D eigenvalue weighted by atomic mass is 15.4. The fourth-order valence-electron chi connectivity index (χ4n) is 2.43. The first kappa shape index (κ1) is 12.6. The van der Waals surface area contributed by atoms with Gasteiger partial charge in [-0.25, -0.2) is 14.6 Å². The van der Waals surface area contributed by atoms with Crippen LogP contribution in [0.4, 0.5) is 5.82 Å². The van der Waals surface area contributed by atoms with Crippen molar-refractivity contribution in [3.8, 4) is 6.07 Å². The van der Waals surface area contributed by atoms with E-state index in [0.29, 0.717) is 11.4 Å². The number of rotatable bonds is 3. The highest BCUT2D eigenvalue weighted by Gasteiger charge is 2.22. The third-order valence-corrected chi connectivity index (χ3v) is 3.49. The summed E-state index contributed by atoms with van der Waals surface area (Å²) in [5.74, 6) is 2.61. The molecular weight excluding hydrogens is 252 g/mol. The van der Waals surface area contributed by atoms with E-state index >= 15 is 0 Å². The van der Waals surface area contributed by atoms with E-state index in [4.69, 9.17) is 5.26 Å². The summed E-state index contributed by atoms with van der Waals surface area (Å²) < 4.78 is 1.97. The minimum atomic E-state index is 0.232. The van der Waals surface area contributed by atoms with Crippen molar-refractivity contribution in [1.29, 1.82) is 5.26 Å². The Hall–Kier alpha value is -2.42. The van der Waals surface area contributed by atoms with Gasteiger partial charge in [-0.1, -0.05) is 6.92 Å². The second-order valence-corrected chi connectivity index (χ2v) is 4.87. The quantitative estimate of drug-likeness (QED) is 0.913. The van der Waals surface area contributed by atoms with Crippen LogP contribution in [0, 0.1) is 11.3 Å². The van der Waals surface area contributed by atoms with Gasteiger partial charge in [-0.3, -0.25) is 0 Å². The van der Waals surface area contributed by atoms with Crippen LogP contribution in [-0.2, 0) is 19.4 Å². The van der Waals surface area contributed by atoms with Crippen LogP contribution < -0.4 is 5.32 Å². The molecule has 0 aliphatic carbocycles.